The molecule has 0 spiro atoms. The molecule has 140 valence electrons. The third-order valence-corrected chi connectivity index (χ3v) is 4.69. The Kier molecular flexibility index (Phi) is 4.95. The summed E-state index contributed by atoms with van der Waals surface area (Å²) in [7, 11) is 0. The number of carbonyl (C=O) groups excluding carboxylic acids is 1. The van der Waals surface area contributed by atoms with E-state index in [1.54, 1.807) is 6.92 Å². The highest BCUT2D eigenvalue weighted by Gasteiger charge is 2.37. The van der Waals surface area contributed by atoms with Crippen LogP contribution in [-0.2, 0) is 0 Å². The van der Waals surface area contributed by atoms with Crippen molar-refractivity contribution in [2.24, 2.45) is 0 Å². The second-order valence-corrected chi connectivity index (χ2v) is 7.25. The van der Waals surface area contributed by atoms with Crippen LogP contribution in [0.1, 0.15) is 53.7 Å². The van der Waals surface area contributed by atoms with Crippen LogP contribution in [0.2, 0.25) is 0 Å². The molecular weight excluding hydrogens is 334 g/mol. The van der Waals surface area contributed by atoms with E-state index in [-0.39, 0.29) is 18.4 Å². The van der Waals surface area contributed by atoms with Gasteiger partial charge in [0, 0.05) is 31.4 Å². The number of aliphatic hydroxyl groups is 1. The maximum absolute atomic E-state index is 12.6. The van der Waals surface area contributed by atoms with Crippen LogP contribution in [0.3, 0.4) is 0 Å². The summed E-state index contributed by atoms with van der Waals surface area (Å²) in [6.45, 7) is 8.78. The first-order chi connectivity index (χ1) is 12.3. The molecule has 1 aliphatic rings. The first kappa shape index (κ1) is 18.3. The van der Waals surface area contributed by atoms with Gasteiger partial charge < -0.3 is 19.8 Å². The van der Waals surface area contributed by atoms with Gasteiger partial charge >= 0.3 is 0 Å². The van der Waals surface area contributed by atoms with Crippen molar-refractivity contribution in [1.29, 1.82) is 0 Å². The predicted molar refractivity (Wildman–Crippen MR) is 96.2 cm³/mol. The van der Waals surface area contributed by atoms with Crippen molar-refractivity contribution in [3.63, 3.8) is 0 Å². The number of anilines is 1. The molecule has 1 atom stereocenters. The number of aromatic nitrogens is 3. The van der Waals surface area contributed by atoms with Gasteiger partial charge in [0.2, 0.25) is 0 Å². The number of carbonyl (C=O) groups is 1. The van der Waals surface area contributed by atoms with Crippen LogP contribution < -0.4 is 10.2 Å². The van der Waals surface area contributed by atoms with Crippen molar-refractivity contribution in [2.75, 3.05) is 24.5 Å². The smallest absolute Gasteiger partial charge is 0.256 e. The standard InChI is InChI=1S/C18H25N5O3/c1-11(2)16-15(13(4)26-22-16)17(24)19-8-18(25)5-6-23(9-18)14-7-12(3)20-10-21-14/h7,10-11,25H,5-6,8-9H2,1-4H3,(H,19,24)/t18-/m1/s1. The number of rotatable bonds is 5. The molecule has 2 N–H and O–H groups in total. The molecule has 0 unspecified atom stereocenters. The van der Waals surface area contributed by atoms with E-state index in [1.165, 1.54) is 6.33 Å². The predicted octanol–water partition coefficient (Wildman–Crippen LogP) is 1.58. The molecule has 3 heterocycles. The molecule has 1 fully saturated rings. The molecule has 0 radical (unpaired) electrons. The minimum atomic E-state index is -1.00. The van der Waals surface area contributed by atoms with Crippen molar-refractivity contribution < 1.29 is 14.4 Å². The normalized spacial score (nSPS) is 20.0. The molecule has 1 saturated heterocycles. The number of nitrogens with zero attached hydrogens (tertiary/aromatic N) is 4. The second-order valence-electron chi connectivity index (χ2n) is 7.25. The van der Waals surface area contributed by atoms with Crippen LogP contribution in [0.25, 0.3) is 0 Å². The highest BCUT2D eigenvalue weighted by Crippen LogP contribution is 2.26. The monoisotopic (exact) mass is 359 g/mol. The Morgan fingerprint density at radius 3 is 2.88 bits per heavy atom. The quantitative estimate of drug-likeness (QED) is 0.835. The molecule has 26 heavy (non-hydrogen) atoms. The zero-order valence-electron chi connectivity index (χ0n) is 15.6. The highest BCUT2D eigenvalue weighted by molar-refractivity contribution is 5.96. The molecule has 8 nitrogen and oxygen atoms in total. The van der Waals surface area contributed by atoms with Crippen LogP contribution in [0.15, 0.2) is 16.9 Å². The molecular formula is C18H25N5O3. The Hall–Kier alpha value is -2.48. The fourth-order valence-electron chi connectivity index (χ4n) is 3.20. The van der Waals surface area contributed by atoms with E-state index >= 15 is 0 Å². The number of hydrogen-bond donors (Lipinski definition) is 2. The van der Waals surface area contributed by atoms with Gasteiger partial charge in [0.05, 0.1) is 5.69 Å². The second kappa shape index (κ2) is 7.03. The molecule has 2 aromatic heterocycles. The molecule has 0 bridgehead atoms. The molecule has 1 amide bonds. The first-order valence-electron chi connectivity index (χ1n) is 8.79. The van der Waals surface area contributed by atoms with Gasteiger partial charge in [0.15, 0.2) is 0 Å². The van der Waals surface area contributed by atoms with E-state index in [9.17, 15) is 9.90 Å². The van der Waals surface area contributed by atoms with Crippen molar-refractivity contribution in [3.8, 4) is 0 Å². The van der Waals surface area contributed by atoms with Crippen LogP contribution in [-0.4, -0.2) is 51.4 Å². The number of β-amino-alcohol motifs (C(OH)–C–C–N with tert-alkyl or cyclic N) is 1. The minimum absolute atomic E-state index is 0.0827. The molecule has 0 aliphatic carbocycles. The van der Waals surface area contributed by atoms with Crippen molar-refractivity contribution in [1.82, 2.24) is 20.4 Å². The number of nitrogens with one attached hydrogen (secondary N) is 1. The summed E-state index contributed by atoms with van der Waals surface area (Å²) in [6, 6.07) is 1.89. The van der Waals surface area contributed by atoms with E-state index in [0.717, 1.165) is 11.5 Å². The Balaban J connectivity index is 1.65. The largest absolute Gasteiger partial charge is 0.386 e. The lowest BCUT2D eigenvalue weighted by atomic mass is 10.0. The summed E-state index contributed by atoms with van der Waals surface area (Å²) in [5.74, 6) is 1.09. The summed E-state index contributed by atoms with van der Waals surface area (Å²) >= 11 is 0. The summed E-state index contributed by atoms with van der Waals surface area (Å²) < 4.78 is 5.17. The maximum Gasteiger partial charge on any atom is 0.256 e. The van der Waals surface area contributed by atoms with Crippen molar-refractivity contribution in [3.05, 3.63) is 35.1 Å². The average molecular weight is 359 g/mol. The highest BCUT2D eigenvalue weighted by atomic mass is 16.5. The lowest BCUT2D eigenvalue weighted by molar-refractivity contribution is 0.0574. The summed E-state index contributed by atoms with van der Waals surface area (Å²) in [4.78, 5) is 23.0. The van der Waals surface area contributed by atoms with Gasteiger partial charge in [0.25, 0.3) is 5.91 Å². The Bertz CT molecular complexity index is 804. The third-order valence-electron chi connectivity index (χ3n) is 4.69. The Labute approximate surface area is 152 Å². The SMILES string of the molecule is Cc1cc(N2CC[C@@](O)(CNC(=O)c3c(C(C)C)noc3C)C2)ncn1. The fourth-order valence-corrected chi connectivity index (χ4v) is 3.20. The molecule has 2 aromatic rings. The summed E-state index contributed by atoms with van der Waals surface area (Å²) in [6.07, 6.45) is 2.07. The number of amides is 1. The van der Waals surface area contributed by atoms with Crippen LogP contribution in [0.5, 0.6) is 0 Å². The van der Waals surface area contributed by atoms with Gasteiger partial charge in [-0.3, -0.25) is 4.79 Å². The molecule has 8 heteroatoms. The summed E-state index contributed by atoms with van der Waals surface area (Å²) in [5, 5.41) is 17.7. The number of aryl methyl sites for hydroxylation is 2. The van der Waals surface area contributed by atoms with Gasteiger partial charge in [0.1, 0.15) is 29.1 Å². The lowest BCUT2D eigenvalue weighted by Gasteiger charge is -2.24. The van der Waals surface area contributed by atoms with Gasteiger partial charge in [-0.15, -0.1) is 0 Å². The average Bonchev–Trinajstić information content (AvgIpc) is 3.17. The zero-order chi connectivity index (χ0) is 18.9. The van der Waals surface area contributed by atoms with Crippen molar-refractivity contribution >= 4 is 11.7 Å². The third kappa shape index (κ3) is 3.70. The van der Waals surface area contributed by atoms with Gasteiger partial charge in [-0.25, -0.2) is 9.97 Å². The Morgan fingerprint density at radius 1 is 1.42 bits per heavy atom. The van der Waals surface area contributed by atoms with Crippen LogP contribution in [0.4, 0.5) is 5.82 Å². The summed E-state index contributed by atoms with van der Waals surface area (Å²) in [5.41, 5.74) is 0.974. The van der Waals surface area contributed by atoms with Gasteiger partial charge in [-0.1, -0.05) is 19.0 Å². The lowest BCUT2D eigenvalue weighted by Crippen LogP contribution is -2.45. The van der Waals surface area contributed by atoms with Gasteiger partial charge in [-0.2, -0.15) is 0 Å². The van der Waals surface area contributed by atoms with E-state index in [0.29, 0.717) is 36.5 Å². The van der Waals surface area contributed by atoms with Crippen molar-refractivity contribution in [2.45, 2.75) is 45.6 Å². The van der Waals surface area contributed by atoms with Gasteiger partial charge in [-0.05, 0) is 26.2 Å². The van der Waals surface area contributed by atoms with E-state index < -0.39 is 5.60 Å². The van der Waals surface area contributed by atoms with E-state index in [4.69, 9.17) is 4.52 Å². The van der Waals surface area contributed by atoms with Crippen LogP contribution in [0, 0.1) is 13.8 Å². The first-order valence-corrected chi connectivity index (χ1v) is 8.79. The Morgan fingerprint density at radius 2 is 2.19 bits per heavy atom. The van der Waals surface area contributed by atoms with Crippen LogP contribution >= 0.6 is 0 Å². The minimum Gasteiger partial charge on any atom is -0.386 e. The molecule has 0 aromatic carbocycles. The maximum atomic E-state index is 12.6. The van der Waals surface area contributed by atoms with E-state index in [1.807, 2.05) is 31.7 Å². The molecule has 3 rings (SSSR count). The molecule has 1 aliphatic heterocycles. The molecule has 0 saturated carbocycles. The fraction of sp³-hybridized carbons (Fsp3) is 0.556. The van der Waals surface area contributed by atoms with E-state index in [2.05, 4.69) is 20.4 Å². The topological polar surface area (TPSA) is 104 Å². The number of hydrogen-bond acceptors (Lipinski definition) is 7. The zero-order valence-corrected chi connectivity index (χ0v) is 15.6.